The fourth-order valence-corrected chi connectivity index (χ4v) is 2.62. The van der Waals surface area contributed by atoms with Gasteiger partial charge in [-0.05, 0) is 12.1 Å². The van der Waals surface area contributed by atoms with Crippen LogP contribution in [0.25, 0.3) is 22.4 Å². The normalized spacial score (nSPS) is 13.8. The fourth-order valence-electron chi connectivity index (χ4n) is 2.62. The lowest BCUT2D eigenvalue weighted by atomic mass is 10.0. The van der Waals surface area contributed by atoms with Crippen LogP contribution in [0.2, 0.25) is 0 Å². The lowest BCUT2D eigenvalue weighted by Gasteiger charge is -2.06. The van der Waals surface area contributed by atoms with Crippen molar-refractivity contribution in [1.82, 2.24) is 9.97 Å². The second-order valence-corrected chi connectivity index (χ2v) is 4.97. The predicted octanol–water partition coefficient (Wildman–Crippen LogP) is 3.64. The van der Waals surface area contributed by atoms with Crippen LogP contribution in [0.3, 0.4) is 0 Å². The molecule has 0 fully saturated rings. The number of phenolic OH excluding ortho intramolecular Hbond substituents is 1. The van der Waals surface area contributed by atoms with Crippen molar-refractivity contribution in [2.45, 2.75) is 6.42 Å². The highest BCUT2D eigenvalue weighted by molar-refractivity contribution is 6.07. The summed E-state index contributed by atoms with van der Waals surface area (Å²) in [5.74, 6) is 0.959. The van der Waals surface area contributed by atoms with Crippen molar-refractivity contribution in [1.29, 1.82) is 0 Å². The Kier molecular flexibility index (Phi) is 2.60. The molecule has 1 aliphatic rings. The van der Waals surface area contributed by atoms with Crippen LogP contribution in [0.1, 0.15) is 12.0 Å². The maximum Gasteiger partial charge on any atom is 0.141 e. The summed E-state index contributed by atoms with van der Waals surface area (Å²) in [6, 6.07) is 13.4. The Morgan fingerprint density at radius 2 is 1.86 bits per heavy atom. The smallest absolute Gasteiger partial charge is 0.141 e. The first kappa shape index (κ1) is 11.9. The third-order valence-electron chi connectivity index (χ3n) is 3.64. The van der Waals surface area contributed by atoms with Crippen LogP contribution in [0.15, 0.2) is 59.7 Å². The average molecular weight is 275 g/mol. The van der Waals surface area contributed by atoms with Crippen molar-refractivity contribution < 1.29 is 5.11 Å². The third-order valence-corrected chi connectivity index (χ3v) is 3.64. The van der Waals surface area contributed by atoms with Crippen LogP contribution in [-0.2, 0) is 0 Å². The van der Waals surface area contributed by atoms with E-state index in [0.29, 0.717) is 5.52 Å². The molecule has 0 saturated carbocycles. The molecule has 3 aromatic rings. The van der Waals surface area contributed by atoms with E-state index >= 15 is 0 Å². The molecule has 2 aromatic carbocycles. The Balaban J connectivity index is 1.91. The van der Waals surface area contributed by atoms with Crippen molar-refractivity contribution in [2.75, 3.05) is 0 Å². The number of nitrogens with zero attached hydrogens (tertiary/aromatic N) is 2. The molecule has 0 saturated heterocycles. The van der Waals surface area contributed by atoms with Crippen LogP contribution >= 0.6 is 0 Å². The van der Waals surface area contributed by atoms with E-state index in [1.807, 2.05) is 42.6 Å². The van der Waals surface area contributed by atoms with Crippen molar-refractivity contribution in [3.8, 4) is 17.1 Å². The van der Waals surface area contributed by atoms with Gasteiger partial charge in [0.2, 0.25) is 0 Å². The molecule has 2 N–H and O–H groups in total. The molecular formula is C17H13N3O. The molecular weight excluding hydrogens is 262 g/mol. The number of benzene rings is 2. The molecule has 0 unspecified atom stereocenters. The number of rotatable bonds is 2. The number of fused-ring (bicyclic) bond motifs is 1. The van der Waals surface area contributed by atoms with E-state index in [1.165, 1.54) is 0 Å². The van der Waals surface area contributed by atoms with Gasteiger partial charge in [0.25, 0.3) is 0 Å². The Labute approximate surface area is 121 Å². The quantitative estimate of drug-likeness (QED) is 0.750. The Bertz CT molecular complexity index is 890. The van der Waals surface area contributed by atoms with E-state index in [1.54, 1.807) is 12.1 Å². The van der Waals surface area contributed by atoms with E-state index in [-0.39, 0.29) is 5.75 Å². The molecule has 102 valence electrons. The first-order valence-electron chi connectivity index (χ1n) is 6.82. The molecule has 0 radical (unpaired) electrons. The summed E-state index contributed by atoms with van der Waals surface area (Å²) < 4.78 is 0. The molecule has 4 rings (SSSR count). The number of nitrogens with one attached hydrogen (secondary N) is 1. The average Bonchev–Trinajstić information content (AvgIpc) is 3.17. The predicted molar refractivity (Wildman–Crippen MR) is 83.5 cm³/mol. The standard InChI is InChI=1S/C17H13N3O/c21-15-9-3-7-14-16(15)20-17(19-14)12-6-2-1-5-11(12)13-8-4-10-18-13/h1-7,9-10,21H,8H2,(H,19,20). The van der Waals surface area contributed by atoms with Crippen LogP contribution in [-0.4, -0.2) is 20.8 Å². The third kappa shape index (κ3) is 1.92. The van der Waals surface area contributed by atoms with Crippen LogP contribution in [0.4, 0.5) is 0 Å². The Morgan fingerprint density at radius 1 is 1.00 bits per heavy atom. The SMILES string of the molecule is Oc1cccc2nc(-c3ccccc3C3=NC=CC3)[nH]c12. The Hall–Kier alpha value is -2.88. The number of aromatic amines is 1. The summed E-state index contributed by atoms with van der Waals surface area (Å²) in [7, 11) is 0. The minimum Gasteiger partial charge on any atom is -0.506 e. The molecule has 21 heavy (non-hydrogen) atoms. The zero-order valence-corrected chi connectivity index (χ0v) is 11.2. The van der Waals surface area contributed by atoms with E-state index in [9.17, 15) is 5.11 Å². The minimum absolute atomic E-state index is 0.212. The van der Waals surface area contributed by atoms with Gasteiger partial charge in [0, 0.05) is 23.7 Å². The number of para-hydroxylation sites is 1. The molecule has 0 atom stereocenters. The number of phenols is 1. The molecule has 0 amide bonds. The van der Waals surface area contributed by atoms with Gasteiger partial charge in [0.05, 0.1) is 11.2 Å². The summed E-state index contributed by atoms with van der Waals surface area (Å²) in [6.45, 7) is 0. The topological polar surface area (TPSA) is 61.3 Å². The van der Waals surface area contributed by atoms with Gasteiger partial charge in [-0.3, -0.25) is 4.99 Å². The van der Waals surface area contributed by atoms with Crippen LogP contribution in [0, 0.1) is 0 Å². The lowest BCUT2D eigenvalue weighted by Crippen LogP contribution is -2.00. The second-order valence-electron chi connectivity index (χ2n) is 4.97. The summed E-state index contributed by atoms with van der Waals surface area (Å²) in [5, 5.41) is 9.91. The molecule has 0 spiro atoms. The lowest BCUT2D eigenvalue weighted by molar-refractivity contribution is 0.480. The van der Waals surface area contributed by atoms with Crippen molar-refractivity contribution in [2.24, 2.45) is 4.99 Å². The minimum atomic E-state index is 0.212. The number of H-pyrrole nitrogens is 1. The number of hydrogen-bond donors (Lipinski definition) is 2. The molecule has 4 nitrogen and oxygen atoms in total. The van der Waals surface area contributed by atoms with Crippen molar-refractivity contribution in [3.05, 3.63) is 60.3 Å². The van der Waals surface area contributed by atoms with Crippen molar-refractivity contribution in [3.63, 3.8) is 0 Å². The molecule has 2 heterocycles. The van der Waals surface area contributed by atoms with Gasteiger partial charge in [0.1, 0.15) is 17.1 Å². The van der Waals surface area contributed by atoms with Gasteiger partial charge < -0.3 is 10.1 Å². The van der Waals surface area contributed by atoms with Gasteiger partial charge in [-0.2, -0.15) is 0 Å². The van der Waals surface area contributed by atoms with Gasteiger partial charge in [-0.1, -0.05) is 36.4 Å². The summed E-state index contributed by atoms with van der Waals surface area (Å²) in [6.07, 6.45) is 4.70. The van der Waals surface area contributed by atoms with E-state index in [4.69, 9.17) is 0 Å². The summed E-state index contributed by atoms with van der Waals surface area (Å²) >= 11 is 0. The largest absolute Gasteiger partial charge is 0.506 e. The zero-order valence-electron chi connectivity index (χ0n) is 11.2. The molecule has 4 heteroatoms. The van der Waals surface area contributed by atoms with Gasteiger partial charge >= 0.3 is 0 Å². The maximum absolute atomic E-state index is 9.91. The summed E-state index contributed by atoms with van der Waals surface area (Å²) in [5.41, 5.74) is 4.52. The fraction of sp³-hybridized carbons (Fsp3) is 0.0588. The Morgan fingerprint density at radius 3 is 2.62 bits per heavy atom. The zero-order chi connectivity index (χ0) is 14.2. The van der Waals surface area contributed by atoms with Gasteiger partial charge in [0.15, 0.2) is 0 Å². The number of aromatic nitrogens is 2. The second kappa shape index (κ2) is 4.59. The number of aromatic hydroxyl groups is 1. The molecule has 0 bridgehead atoms. The number of imidazole rings is 1. The van der Waals surface area contributed by atoms with Gasteiger partial charge in [-0.15, -0.1) is 0 Å². The maximum atomic E-state index is 9.91. The first-order valence-corrected chi connectivity index (χ1v) is 6.82. The molecule has 1 aromatic heterocycles. The van der Waals surface area contributed by atoms with E-state index in [0.717, 1.165) is 34.6 Å². The molecule has 1 aliphatic heterocycles. The molecule has 0 aliphatic carbocycles. The number of hydrogen-bond acceptors (Lipinski definition) is 3. The van der Waals surface area contributed by atoms with E-state index in [2.05, 4.69) is 15.0 Å². The summed E-state index contributed by atoms with van der Waals surface area (Å²) in [4.78, 5) is 12.2. The number of aliphatic imine (C=N–C) groups is 1. The van der Waals surface area contributed by atoms with Crippen LogP contribution in [0.5, 0.6) is 5.75 Å². The highest BCUT2D eigenvalue weighted by Crippen LogP contribution is 2.29. The first-order chi connectivity index (χ1) is 10.3. The monoisotopic (exact) mass is 275 g/mol. The van der Waals surface area contributed by atoms with E-state index < -0.39 is 0 Å². The van der Waals surface area contributed by atoms with Crippen molar-refractivity contribution >= 4 is 16.7 Å². The number of allylic oxidation sites excluding steroid dienone is 1. The highest BCUT2D eigenvalue weighted by Gasteiger charge is 2.15. The van der Waals surface area contributed by atoms with Crippen LogP contribution < -0.4 is 0 Å². The highest BCUT2D eigenvalue weighted by atomic mass is 16.3. The van der Waals surface area contributed by atoms with Gasteiger partial charge in [-0.25, -0.2) is 4.98 Å².